The molecule has 2 unspecified atom stereocenters. The van der Waals surface area contributed by atoms with Crippen LogP contribution in [-0.2, 0) is 4.74 Å². The monoisotopic (exact) mass is 344 g/mol. The van der Waals surface area contributed by atoms with Crippen molar-refractivity contribution in [3.05, 3.63) is 34.9 Å². The molecule has 136 valence electrons. The van der Waals surface area contributed by atoms with Gasteiger partial charge in [-0.05, 0) is 56.2 Å². The summed E-state index contributed by atoms with van der Waals surface area (Å²) < 4.78 is 5.53. The molecule has 0 aromatic heterocycles. The number of rotatable bonds is 2. The SMILES string of the molecule is Cc1ccc([C@H]2OC(=O)N(C(=O)NC3CCCCC3C)[C@@H]2C)cc1C. The van der Waals surface area contributed by atoms with Crippen LogP contribution in [0, 0.1) is 19.8 Å². The number of hydrogen-bond donors (Lipinski definition) is 1. The average Bonchev–Trinajstić information content (AvgIpc) is 2.87. The van der Waals surface area contributed by atoms with Gasteiger partial charge in [-0.3, -0.25) is 0 Å². The molecule has 4 atom stereocenters. The Hall–Kier alpha value is -2.04. The van der Waals surface area contributed by atoms with Gasteiger partial charge < -0.3 is 10.1 Å². The summed E-state index contributed by atoms with van der Waals surface area (Å²) in [6.45, 7) is 8.12. The zero-order valence-electron chi connectivity index (χ0n) is 15.5. The maximum atomic E-state index is 12.7. The van der Waals surface area contributed by atoms with Crippen LogP contribution in [0.25, 0.3) is 0 Å². The van der Waals surface area contributed by atoms with E-state index in [0.29, 0.717) is 5.92 Å². The standard InChI is InChI=1S/C20H28N2O3/c1-12-9-10-16(11-14(12)3)18-15(4)22(20(24)25-18)19(23)21-17-8-6-5-7-13(17)2/h9-11,13,15,17-18H,5-8H2,1-4H3,(H,21,23)/t13?,15-,17?,18+/m1/s1. The molecular weight excluding hydrogens is 316 g/mol. The molecule has 5 heteroatoms. The largest absolute Gasteiger partial charge is 0.439 e. The summed E-state index contributed by atoms with van der Waals surface area (Å²) in [5.74, 6) is 0.446. The van der Waals surface area contributed by atoms with Crippen molar-refractivity contribution >= 4 is 12.1 Å². The summed E-state index contributed by atoms with van der Waals surface area (Å²) in [6, 6.07) is 5.52. The molecule has 1 N–H and O–H groups in total. The van der Waals surface area contributed by atoms with Gasteiger partial charge >= 0.3 is 12.1 Å². The van der Waals surface area contributed by atoms with Crippen LogP contribution in [0.4, 0.5) is 9.59 Å². The number of nitrogens with zero attached hydrogens (tertiary/aromatic N) is 1. The predicted molar refractivity (Wildman–Crippen MR) is 96.4 cm³/mol. The summed E-state index contributed by atoms with van der Waals surface area (Å²) in [5, 5.41) is 3.05. The summed E-state index contributed by atoms with van der Waals surface area (Å²) in [4.78, 5) is 26.3. The van der Waals surface area contributed by atoms with Gasteiger partial charge in [0.15, 0.2) is 0 Å². The number of benzene rings is 1. The van der Waals surface area contributed by atoms with E-state index in [2.05, 4.69) is 12.2 Å². The third-order valence-electron chi connectivity index (χ3n) is 5.77. The third kappa shape index (κ3) is 3.51. The zero-order valence-corrected chi connectivity index (χ0v) is 15.5. The van der Waals surface area contributed by atoms with Gasteiger partial charge in [0.1, 0.15) is 6.10 Å². The lowest BCUT2D eigenvalue weighted by Gasteiger charge is -2.31. The Bertz CT molecular complexity index is 673. The Morgan fingerprint density at radius 2 is 1.88 bits per heavy atom. The number of aryl methyl sites for hydroxylation is 2. The molecular formula is C20H28N2O3. The van der Waals surface area contributed by atoms with Gasteiger partial charge in [-0.2, -0.15) is 0 Å². The van der Waals surface area contributed by atoms with Crippen LogP contribution in [0.5, 0.6) is 0 Å². The average molecular weight is 344 g/mol. The van der Waals surface area contributed by atoms with Gasteiger partial charge in [0.2, 0.25) is 0 Å². The van der Waals surface area contributed by atoms with Crippen LogP contribution in [0.2, 0.25) is 0 Å². The number of amides is 3. The van der Waals surface area contributed by atoms with Gasteiger partial charge in [-0.25, -0.2) is 14.5 Å². The van der Waals surface area contributed by atoms with Crippen LogP contribution in [0.1, 0.15) is 62.3 Å². The van der Waals surface area contributed by atoms with E-state index in [1.54, 1.807) is 0 Å². The van der Waals surface area contributed by atoms with E-state index in [0.717, 1.165) is 30.4 Å². The van der Waals surface area contributed by atoms with Crippen molar-refractivity contribution in [1.82, 2.24) is 10.2 Å². The number of imide groups is 1. The minimum atomic E-state index is -0.559. The van der Waals surface area contributed by atoms with E-state index in [1.165, 1.54) is 16.9 Å². The fourth-order valence-corrected chi connectivity index (χ4v) is 3.88. The van der Waals surface area contributed by atoms with Crippen LogP contribution in [-0.4, -0.2) is 29.1 Å². The normalized spacial score (nSPS) is 29.4. The fraction of sp³-hybridized carbons (Fsp3) is 0.600. The highest BCUT2D eigenvalue weighted by molar-refractivity contribution is 5.93. The van der Waals surface area contributed by atoms with Gasteiger partial charge in [-0.1, -0.05) is 38.0 Å². The zero-order chi connectivity index (χ0) is 18.1. The lowest BCUT2D eigenvalue weighted by atomic mass is 9.86. The highest BCUT2D eigenvalue weighted by Gasteiger charge is 2.44. The van der Waals surface area contributed by atoms with Crippen LogP contribution >= 0.6 is 0 Å². The maximum Gasteiger partial charge on any atom is 0.419 e. The molecule has 5 nitrogen and oxygen atoms in total. The second kappa shape index (κ2) is 7.06. The van der Waals surface area contributed by atoms with Crippen molar-refractivity contribution in [3.8, 4) is 0 Å². The summed E-state index contributed by atoms with van der Waals surface area (Å²) >= 11 is 0. The number of carbonyl (C=O) groups is 2. The molecule has 1 aromatic carbocycles. The van der Waals surface area contributed by atoms with Crippen molar-refractivity contribution in [3.63, 3.8) is 0 Å². The molecule has 0 radical (unpaired) electrons. The van der Waals surface area contributed by atoms with Crippen LogP contribution in [0.3, 0.4) is 0 Å². The summed E-state index contributed by atoms with van der Waals surface area (Å²) in [6.07, 6.45) is 3.46. The number of urea groups is 1. The van der Waals surface area contributed by atoms with Crippen molar-refractivity contribution in [2.24, 2.45) is 5.92 Å². The molecule has 0 spiro atoms. The highest BCUT2D eigenvalue weighted by atomic mass is 16.6. The Balaban J connectivity index is 1.73. The second-order valence-corrected chi connectivity index (χ2v) is 7.58. The lowest BCUT2D eigenvalue weighted by molar-refractivity contribution is 0.131. The quantitative estimate of drug-likeness (QED) is 0.861. The number of carbonyl (C=O) groups excluding carboxylic acids is 2. The third-order valence-corrected chi connectivity index (χ3v) is 5.77. The Morgan fingerprint density at radius 1 is 1.16 bits per heavy atom. The lowest BCUT2D eigenvalue weighted by Crippen LogP contribution is -2.50. The summed E-state index contributed by atoms with van der Waals surface area (Å²) in [7, 11) is 0. The first kappa shape index (κ1) is 17.8. The maximum absolute atomic E-state index is 12.7. The number of ether oxygens (including phenoxy) is 1. The van der Waals surface area contributed by atoms with Crippen molar-refractivity contribution in [2.75, 3.05) is 0 Å². The first-order chi connectivity index (χ1) is 11.9. The topological polar surface area (TPSA) is 58.6 Å². The minimum Gasteiger partial charge on any atom is -0.439 e. The molecule has 2 aliphatic rings. The van der Waals surface area contributed by atoms with E-state index in [-0.39, 0.29) is 18.1 Å². The van der Waals surface area contributed by atoms with Gasteiger partial charge in [0.05, 0.1) is 6.04 Å². The van der Waals surface area contributed by atoms with E-state index < -0.39 is 12.2 Å². The van der Waals surface area contributed by atoms with Gasteiger partial charge in [0, 0.05) is 6.04 Å². The van der Waals surface area contributed by atoms with Crippen molar-refractivity contribution in [1.29, 1.82) is 0 Å². The molecule has 1 aromatic rings. The second-order valence-electron chi connectivity index (χ2n) is 7.58. The number of nitrogens with one attached hydrogen (secondary N) is 1. The molecule has 25 heavy (non-hydrogen) atoms. The van der Waals surface area contributed by atoms with Crippen LogP contribution < -0.4 is 5.32 Å². The minimum absolute atomic E-state index is 0.141. The summed E-state index contributed by atoms with van der Waals surface area (Å²) in [5.41, 5.74) is 3.28. The molecule has 0 bridgehead atoms. The van der Waals surface area contributed by atoms with E-state index in [1.807, 2.05) is 39.0 Å². The first-order valence-corrected chi connectivity index (χ1v) is 9.26. The Kier molecular flexibility index (Phi) is 5.02. The fourth-order valence-electron chi connectivity index (χ4n) is 3.88. The molecule has 1 aliphatic carbocycles. The predicted octanol–water partition coefficient (Wildman–Crippen LogP) is 4.47. The Morgan fingerprint density at radius 3 is 2.56 bits per heavy atom. The molecule has 3 rings (SSSR count). The van der Waals surface area contributed by atoms with Gasteiger partial charge in [-0.15, -0.1) is 0 Å². The molecule has 2 fully saturated rings. The first-order valence-electron chi connectivity index (χ1n) is 9.26. The van der Waals surface area contributed by atoms with E-state index >= 15 is 0 Å². The van der Waals surface area contributed by atoms with Crippen molar-refractivity contribution < 1.29 is 14.3 Å². The molecule has 3 amide bonds. The van der Waals surface area contributed by atoms with Crippen LogP contribution in [0.15, 0.2) is 18.2 Å². The van der Waals surface area contributed by atoms with Crippen molar-refractivity contribution in [2.45, 2.75) is 71.6 Å². The van der Waals surface area contributed by atoms with Gasteiger partial charge in [0.25, 0.3) is 0 Å². The van der Waals surface area contributed by atoms with E-state index in [9.17, 15) is 9.59 Å². The Labute approximate surface area is 149 Å². The number of cyclic esters (lactones) is 1. The molecule has 1 aliphatic heterocycles. The molecule has 1 saturated carbocycles. The highest BCUT2D eigenvalue weighted by Crippen LogP contribution is 2.33. The molecule has 1 heterocycles. The smallest absolute Gasteiger partial charge is 0.419 e. The number of hydrogen-bond acceptors (Lipinski definition) is 3. The molecule has 1 saturated heterocycles. The van der Waals surface area contributed by atoms with E-state index in [4.69, 9.17) is 4.74 Å².